The molecular formula is C17H21N3OS. The van der Waals surface area contributed by atoms with Gasteiger partial charge >= 0.3 is 0 Å². The van der Waals surface area contributed by atoms with Crippen molar-refractivity contribution in [2.45, 2.75) is 45.6 Å². The highest BCUT2D eigenvalue weighted by Crippen LogP contribution is 2.30. The molecule has 1 aliphatic rings. The molecule has 116 valence electrons. The molecule has 2 aromatic rings. The number of aryl methyl sites for hydroxylation is 1. The van der Waals surface area contributed by atoms with Crippen molar-refractivity contribution >= 4 is 17.2 Å². The van der Waals surface area contributed by atoms with E-state index in [2.05, 4.69) is 16.9 Å². The highest BCUT2D eigenvalue weighted by molar-refractivity contribution is 7.17. The van der Waals surface area contributed by atoms with Gasteiger partial charge in [0.15, 0.2) is 0 Å². The van der Waals surface area contributed by atoms with Crippen LogP contribution in [0.2, 0.25) is 0 Å². The Kier molecular flexibility index (Phi) is 4.52. The molecule has 22 heavy (non-hydrogen) atoms. The van der Waals surface area contributed by atoms with E-state index in [1.54, 1.807) is 6.20 Å². The van der Waals surface area contributed by atoms with Crippen LogP contribution in [0, 0.1) is 6.92 Å². The monoisotopic (exact) mass is 315 g/mol. The largest absolute Gasteiger partial charge is 0.335 e. The summed E-state index contributed by atoms with van der Waals surface area (Å²) in [6.07, 6.45) is 6.48. The SMILES string of the molecule is CCN(C(=O)c1sc(-c2ccccn2)nc1C)C1CCCC1. The smallest absolute Gasteiger partial charge is 0.266 e. The van der Waals surface area contributed by atoms with Gasteiger partial charge in [-0.15, -0.1) is 11.3 Å². The van der Waals surface area contributed by atoms with E-state index in [1.807, 2.05) is 30.0 Å². The van der Waals surface area contributed by atoms with Gasteiger partial charge in [-0.05, 0) is 38.8 Å². The van der Waals surface area contributed by atoms with Crippen molar-refractivity contribution in [1.29, 1.82) is 0 Å². The summed E-state index contributed by atoms with van der Waals surface area (Å²) in [6, 6.07) is 6.16. The third kappa shape index (κ3) is 2.90. The molecule has 0 bridgehead atoms. The number of carbonyl (C=O) groups is 1. The maximum Gasteiger partial charge on any atom is 0.266 e. The molecule has 1 saturated carbocycles. The van der Waals surface area contributed by atoms with Crippen molar-refractivity contribution in [2.24, 2.45) is 0 Å². The van der Waals surface area contributed by atoms with E-state index in [1.165, 1.54) is 24.2 Å². The standard InChI is InChI=1S/C17H21N3OS/c1-3-20(13-8-4-5-9-13)17(21)15-12(2)19-16(22-15)14-10-6-7-11-18-14/h6-7,10-11,13H,3-5,8-9H2,1-2H3. The Balaban J connectivity index is 1.87. The van der Waals surface area contributed by atoms with Crippen LogP contribution in [-0.4, -0.2) is 33.4 Å². The molecule has 4 nitrogen and oxygen atoms in total. The van der Waals surface area contributed by atoms with Gasteiger partial charge in [0.05, 0.1) is 11.4 Å². The molecule has 0 saturated heterocycles. The van der Waals surface area contributed by atoms with Crippen molar-refractivity contribution in [3.63, 3.8) is 0 Å². The van der Waals surface area contributed by atoms with E-state index in [0.29, 0.717) is 6.04 Å². The zero-order valence-corrected chi connectivity index (χ0v) is 13.9. The predicted octanol–water partition coefficient (Wildman–Crippen LogP) is 3.92. The fourth-order valence-corrected chi connectivity index (χ4v) is 4.11. The molecule has 1 fully saturated rings. The second-order valence-corrected chi connectivity index (χ2v) is 6.68. The average Bonchev–Trinajstić information content (AvgIpc) is 3.19. The van der Waals surface area contributed by atoms with Crippen molar-refractivity contribution in [2.75, 3.05) is 6.54 Å². The number of aromatic nitrogens is 2. The van der Waals surface area contributed by atoms with Crippen LogP contribution in [0.3, 0.4) is 0 Å². The van der Waals surface area contributed by atoms with Crippen molar-refractivity contribution < 1.29 is 4.79 Å². The van der Waals surface area contributed by atoms with Gasteiger partial charge in [-0.25, -0.2) is 4.98 Å². The summed E-state index contributed by atoms with van der Waals surface area (Å²) in [5, 5.41) is 0.823. The summed E-state index contributed by atoms with van der Waals surface area (Å²) in [5.74, 6) is 0.131. The summed E-state index contributed by atoms with van der Waals surface area (Å²) in [5.41, 5.74) is 1.64. The van der Waals surface area contributed by atoms with Crippen LogP contribution in [-0.2, 0) is 0 Å². The molecular weight excluding hydrogens is 294 g/mol. The minimum atomic E-state index is 0.131. The van der Waals surface area contributed by atoms with Gasteiger partial charge in [0.1, 0.15) is 9.88 Å². The van der Waals surface area contributed by atoms with Crippen molar-refractivity contribution in [3.8, 4) is 10.7 Å². The fraction of sp³-hybridized carbons (Fsp3) is 0.471. The zero-order chi connectivity index (χ0) is 15.5. The quantitative estimate of drug-likeness (QED) is 0.859. The van der Waals surface area contributed by atoms with Gasteiger partial charge in [0, 0.05) is 18.8 Å². The predicted molar refractivity (Wildman–Crippen MR) is 89.0 cm³/mol. The fourth-order valence-electron chi connectivity index (χ4n) is 3.11. The first-order valence-electron chi connectivity index (χ1n) is 7.90. The summed E-state index contributed by atoms with van der Waals surface area (Å²) in [7, 11) is 0. The van der Waals surface area contributed by atoms with Crippen LogP contribution in [0.5, 0.6) is 0 Å². The van der Waals surface area contributed by atoms with E-state index >= 15 is 0 Å². The van der Waals surface area contributed by atoms with Crippen LogP contribution in [0.1, 0.15) is 48.0 Å². The van der Waals surface area contributed by atoms with Gasteiger partial charge in [-0.2, -0.15) is 0 Å². The molecule has 3 rings (SSSR count). The number of thiazole rings is 1. The second-order valence-electron chi connectivity index (χ2n) is 5.68. The third-order valence-electron chi connectivity index (χ3n) is 4.24. The van der Waals surface area contributed by atoms with E-state index in [9.17, 15) is 4.79 Å². The Labute approximate surface area is 135 Å². The molecule has 5 heteroatoms. The number of amides is 1. The van der Waals surface area contributed by atoms with Gasteiger partial charge in [0.25, 0.3) is 5.91 Å². The lowest BCUT2D eigenvalue weighted by atomic mass is 10.2. The minimum Gasteiger partial charge on any atom is -0.335 e. The second kappa shape index (κ2) is 6.57. The number of carbonyl (C=O) groups excluding carboxylic acids is 1. The molecule has 0 aromatic carbocycles. The Hall–Kier alpha value is -1.75. The lowest BCUT2D eigenvalue weighted by molar-refractivity contribution is 0.0697. The van der Waals surface area contributed by atoms with Crippen molar-refractivity contribution in [3.05, 3.63) is 35.0 Å². The number of nitrogens with zero attached hydrogens (tertiary/aromatic N) is 3. The molecule has 1 aliphatic carbocycles. The van der Waals surface area contributed by atoms with E-state index in [4.69, 9.17) is 0 Å². The maximum atomic E-state index is 12.9. The minimum absolute atomic E-state index is 0.131. The van der Waals surface area contributed by atoms with Crippen molar-refractivity contribution in [1.82, 2.24) is 14.9 Å². The molecule has 0 radical (unpaired) electrons. The molecule has 1 amide bonds. The Morgan fingerprint density at radius 1 is 1.36 bits per heavy atom. The number of rotatable bonds is 4. The molecule has 2 aromatic heterocycles. The highest BCUT2D eigenvalue weighted by Gasteiger charge is 2.28. The summed E-state index contributed by atoms with van der Waals surface area (Å²) < 4.78 is 0. The van der Waals surface area contributed by atoms with Gasteiger partial charge in [-0.1, -0.05) is 18.9 Å². The Morgan fingerprint density at radius 3 is 2.77 bits per heavy atom. The van der Waals surface area contributed by atoms with E-state index in [-0.39, 0.29) is 5.91 Å². The topological polar surface area (TPSA) is 46.1 Å². The first-order chi connectivity index (χ1) is 10.7. The summed E-state index contributed by atoms with van der Waals surface area (Å²) in [4.78, 5) is 24.6. The highest BCUT2D eigenvalue weighted by atomic mass is 32.1. The normalized spacial score (nSPS) is 15.2. The molecule has 2 heterocycles. The lowest BCUT2D eigenvalue weighted by Gasteiger charge is -2.27. The van der Waals surface area contributed by atoms with Gasteiger partial charge in [-0.3, -0.25) is 9.78 Å². The first-order valence-corrected chi connectivity index (χ1v) is 8.72. The maximum absolute atomic E-state index is 12.9. The average molecular weight is 315 g/mol. The van der Waals surface area contributed by atoms with Crippen LogP contribution < -0.4 is 0 Å². The first kappa shape index (κ1) is 15.2. The lowest BCUT2D eigenvalue weighted by Crippen LogP contribution is -2.38. The van der Waals surface area contributed by atoms with Crippen LogP contribution in [0.25, 0.3) is 10.7 Å². The van der Waals surface area contributed by atoms with Crippen LogP contribution >= 0.6 is 11.3 Å². The number of pyridine rings is 1. The van der Waals surface area contributed by atoms with Crippen LogP contribution in [0.4, 0.5) is 0 Å². The number of hydrogen-bond acceptors (Lipinski definition) is 4. The third-order valence-corrected chi connectivity index (χ3v) is 5.41. The summed E-state index contributed by atoms with van der Waals surface area (Å²) in [6.45, 7) is 4.74. The molecule has 0 spiro atoms. The Bertz CT molecular complexity index is 647. The molecule has 0 atom stereocenters. The van der Waals surface area contributed by atoms with Gasteiger partial charge < -0.3 is 4.90 Å². The van der Waals surface area contributed by atoms with Gasteiger partial charge in [0.2, 0.25) is 0 Å². The molecule has 0 aliphatic heterocycles. The van der Waals surface area contributed by atoms with Crippen LogP contribution in [0.15, 0.2) is 24.4 Å². The van der Waals surface area contributed by atoms with E-state index in [0.717, 1.165) is 40.7 Å². The number of hydrogen-bond donors (Lipinski definition) is 0. The Morgan fingerprint density at radius 2 is 2.14 bits per heavy atom. The van der Waals surface area contributed by atoms with E-state index < -0.39 is 0 Å². The summed E-state index contributed by atoms with van der Waals surface area (Å²) >= 11 is 1.46. The molecule has 0 N–H and O–H groups in total. The zero-order valence-electron chi connectivity index (χ0n) is 13.1. The molecule has 0 unspecified atom stereocenters.